The van der Waals surface area contributed by atoms with Crippen LogP contribution in [0.1, 0.15) is 0 Å². The van der Waals surface area contributed by atoms with Crippen molar-refractivity contribution in [3.63, 3.8) is 0 Å². The van der Waals surface area contributed by atoms with Crippen LogP contribution >= 0.6 is 0 Å². The smallest absolute Gasteiger partial charge is 0.325 e. The van der Waals surface area contributed by atoms with Gasteiger partial charge in [0.25, 0.3) is 5.91 Å². The summed E-state index contributed by atoms with van der Waals surface area (Å²) in [6.45, 7) is -0.421. The topological polar surface area (TPSA) is 102 Å². The van der Waals surface area contributed by atoms with E-state index in [9.17, 15) is 18.0 Å². The third-order valence-corrected chi connectivity index (χ3v) is 4.00. The lowest BCUT2D eigenvalue weighted by atomic mass is 10.3. The number of hydrogen-bond donors (Lipinski definition) is 2. The number of hydrogen-bond acceptors (Lipinski definition) is 5. The third kappa shape index (κ3) is 5.40. The molecule has 0 saturated carbocycles. The summed E-state index contributed by atoms with van der Waals surface area (Å²) in [5.74, 6) is -0.440. The molecule has 2 N–H and O–H groups in total. The maximum Gasteiger partial charge on any atom is 0.325 e. The van der Waals surface area contributed by atoms with Gasteiger partial charge in [-0.25, -0.2) is 13.2 Å². The molecule has 0 aliphatic carbocycles. The van der Waals surface area contributed by atoms with Crippen LogP contribution < -0.4 is 15.4 Å². The molecule has 0 radical (unpaired) electrons. The Kier molecular flexibility index (Phi) is 5.54. The summed E-state index contributed by atoms with van der Waals surface area (Å²) in [5, 5.41) is 4.61. The number of carbonyl (C=O) groups excluding carboxylic acids is 2. The van der Waals surface area contributed by atoms with Crippen molar-refractivity contribution in [2.75, 3.05) is 18.2 Å². The van der Waals surface area contributed by atoms with Crippen molar-refractivity contribution >= 4 is 27.5 Å². The fourth-order valence-electron chi connectivity index (χ4n) is 1.79. The molecule has 0 spiro atoms. The van der Waals surface area contributed by atoms with E-state index in [-0.39, 0.29) is 10.6 Å². The molecular weight excluding hydrogens is 332 g/mol. The van der Waals surface area contributed by atoms with Gasteiger partial charge in [-0.15, -0.1) is 0 Å². The minimum absolute atomic E-state index is 0.0854. The van der Waals surface area contributed by atoms with Crippen LogP contribution in [0.25, 0.3) is 0 Å². The summed E-state index contributed by atoms with van der Waals surface area (Å²) in [4.78, 5) is 23.4. The van der Waals surface area contributed by atoms with Gasteiger partial charge in [0.1, 0.15) is 5.75 Å². The first-order valence-electron chi connectivity index (χ1n) is 6.93. The van der Waals surface area contributed by atoms with Crippen LogP contribution in [0.15, 0.2) is 59.5 Å². The number of amides is 3. The van der Waals surface area contributed by atoms with Gasteiger partial charge < -0.3 is 10.1 Å². The highest BCUT2D eigenvalue weighted by Gasteiger charge is 2.11. The highest BCUT2D eigenvalue weighted by molar-refractivity contribution is 7.90. The minimum atomic E-state index is -3.36. The Morgan fingerprint density at radius 1 is 1.04 bits per heavy atom. The maximum atomic E-state index is 11.7. The average molecular weight is 348 g/mol. The number of rotatable bonds is 5. The molecule has 0 fully saturated rings. The van der Waals surface area contributed by atoms with Crippen molar-refractivity contribution in [3.05, 3.63) is 54.6 Å². The van der Waals surface area contributed by atoms with E-state index in [0.29, 0.717) is 5.69 Å². The number of carbonyl (C=O) groups is 2. The average Bonchev–Trinajstić information content (AvgIpc) is 2.53. The fraction of sp³-hybridized carbons (Fsp3) is 0.125. The molecule has 0 aromatic heterocycles. The largest absolute Gasteiger partial charge is 0.484 e. The molecule has 0 unspecified atom stereocenters. The maximum absolute atomic E-state index is 11.7. The second-order valence-electron chi connectivity index (χ2n) is 4.90. The molecule has 0 aliphatic rings. The zero-order chi connectivity index (χ0) is 17.6. The molecule has 2 aromatic carbocycles. The van der Waals surface area contributed by atoms with E-state index in [0.717, 1.165) is 6.26 Å². The van der Waals surface area contributed by atoms with Crippen molar-refractivity contribution in [1.82, 2.24) is 5.32 Å². The van der Waals surface area contributed by atoms with Crippen LogP contribution in [-0.4, -0.2) is 33.2 Å². The lowest BCUT2D eigenvalue weighted by Crippen LogP contribution is -2.37. The monoisotopic (exact) mass is 348 g/mol. The Balaban J connectivity index is 1.86. The van der Waals surface area contributed by atoms with E-state index in [1.165, 1.54) is 24.3 Å². The summed E-state index contributed by atoms with van der Waals surface area (Å²) >= 11 is 0. The molecule has 0 heterocycles. The molecule has 2 aromatic rings. The highest BCUT2D eigenvalue weighted by Crippen LogP contribution is 2.17. The van der Waals surface area contributed by atoms with Crippen LogP contribution in [0.2, 0.25) is 0 Å². The SMILES string of the molecule is CS(=O)(=O)c1cccc(OCC(=O)NC(=O)Nc2ccccc2)c1. The molecule has 0 atom stereocenters. The standard InChI is InChI=1S/C16H16N2O5S/c1-24(21,22)14-9-5-8-13(10-14)23-11-15(19)18-16(20)17-12-6-3-2-4-7-12/h2-10H,11H2,1H3,(H2,17,18,19,20). The van der Waals surface area contributed by atoms with Gasteiger partial charge in [0.2, 0.25) is 0 Å². The number of sulfone groups is 1. The summed E-state index contributed by atoms with van der Waals surface area (Å²) < 4.78 is 28.1. The Hall–Kier alpha value is -2.87. The van der Waals surface area contributed by atoms with Gasteiger partial charge >= 0.3 is 6.03 Å². The van der Waals surface area contributed by atoms with Crippen molar-refractivity contribution in [3.8, 4) is 5.75 Å². The van der Waals surface area contributed by atoms with Gasteiger partial charge in [-0.3, -0.25) is 10.1 Å². The molecular formula is C16H16N2O5S. The predicted octanol–water partition coefficient (Wildman–Crippen LogP) is 1.82. The van der Waals surface area contributed by atoms with Gasteiger partial charge in [-0.1, -0.05) is 24.3 Å². The summed E-state index contributed by atoms with van der Waals surface area (Å²) in [7, 11) is -3.36. The quantitative estimate of drug-likeness (QED) is 0.858. The molecule has 0 bridgehead atoms. The highest BCUT2D eigenvalue weighted by atomic mass is 32.2. The molecule has 2 rings (SSSR count). The van der Waals surface area contributed by atoms with Crippen molar-refractivity contribution in [2.45, 2.75) is 4.90 Å². The van der Waals surface area contributed by atoms with Crippen LogP contribution in [0.4, 0.5) is 10.5 Å². The Bertz CT molecular complexity index is 835. The van der Waals surface area contributed by atoms with Crippen molar-refractivity contribution < 1.29 is 22.7 Å². The molecule has 7 nitrogen and oxygen atoms in total. The first kappa shape index (κ1) is 17.5. The molecule has 0 saturated heterocycles. The van der Waals surface area contributed by atoms with Gasteiger partial charge in [0, 0.05) is 11.9 Å². The van der Waals surface area contributed by atoms with E-state index in [2.05, 4.69) is 10.6 Å². The van der Waals surface area contributed by atoms with E-state index in [1.54, 1.807) is 30.3 Å². The molecule has 126 valence electrons. The number of imide groups is 1. The number of ether oxygens (including phenoxy) is 1. The Labute approximate surface area is 139 Å². The predicted molar refractivity (Wildman–Crippen MR) is 88.7 cm³/mol. The first-order chi connectivity index (χ1) is 11.3. The summed E-state index contributed by atoms with van der Waals surface area (Å²) in [5.41, 5.74) is 0.546. The van der Waals surface area contributed by atoms with Gasteiger partial charge in [-0.2, -0.15) is 0 Å². The van der Waals surface area contributed by atoms with Crippen molar-refractivity contribution in [2.24, 2.45) is 0 Å². The number of urea groups is 1. The zero-order valence-corrected chi connectivity index (χ0v) is 13.7. The van der Waals surface area contributed by atoms with Crippen LogP contribution in [0.5, 0.6) is 5.75 Å². The fourth-order valence-corrected chi connectivity index (χ4v) is 2.45. The first-order valence-corrected chi connectivity index (χ1v) is 8.82. The van der Waals surface area contributed by atoms with E-state index in [4.69, 9.17) is 4.74 Å². The second kappa shape index (κ2) is 7.60. The van der Waals surface area contributed by atoms with E-state index in [1.807, 2.05) is 0 Å². The number of benzene rings is 2. The van der Waals surface area contributed by atoms with E-state index >= 15 is 0 Å². The Morgan fingerprint density at radius 2 is 1.75 bits per heavy atom. The molecule has 0 aliphatic heterocycles. The third-order valence-electron chi connectivity index (χ3n) is 2.89. The van der Waals surface area contributed by atoms with E-state index < -0.39 is 28.4 Å². The lowest BCUT2D eigenvalue weighted by molar-refractivity contribution is -0.121. The molecule has 3 amide bonds. The van der Waals surface area contributed by atoms with Gasteiger partial charge in [0.15, 0.2) is 16.4 Å². The van der Waals surface area contributed by atoms with Gasteiger partial charge in [-0.05, 0) is 30.3 Å². The summed E-state index contributed by atoms with van der Waals surface area (Å²) in [6, 6.07) is 13.7. The van der Waals surface area contributed by atoms with Crippen LogP contribution in [0.3, 0.4) is 0 Å². The second-order valence-corrected chi connectivity index (χ2v) is 6.92. The van der Waals surface area contributed by atoms with Crippen molar-refractivity contribution in [1.29, 1.82) is 0 Å². The molecule has 8 heteroatoms. The van der Waals surface area contributed by atoms with Crippen LogP contribution in [0, 0.1) is 0 Å². The Morgan fingerprint density at radius 3 is 2.42 bits per heavy atom. The lowest BCUT2D eigenvalue weighted by Gasteiger charge is -2.08. The zero-order valence-electron chi connectivity index (χ0n) is 12.9. The number of para-hydroxylation sites is 1. The number of anilines is 1. The normalized spacial score (nSPS) is 10.7. The molecule has 24 heavy (non-hydrogen) atoms. The summed E-state index contributed by atoms with van der Waals surface area (Å²) in [6.07, 6.45) is 1.08. The minimum Gasteiger partial charge on any atom is -0.484 e. The van der Waals surface area contributed by atoms with Gasteiger partial charge in [0.05, 0.1) is 4.90 Å². The number of nitrogens with one attached hydrogen (secondary N) is 2. The van der Waals surface area contributed by atoms with Crippen LogP contribution in [-0.2, 0) is 14.6 Å².